The molecule has 2 aromatic carbocycles. The van der Waals surface area contributed by atoms with E-state index in [4.69, 9.17) is 9.84 Å². The molecular formula is C18H18O3. The van der Waals surface area contributed by atoms with Gasteiger partial charge in [0, 0.05) is 0 Å². The summed E-state index contributed by atoms with van der Waals surface area (Å²) in [5.41, 5.74) is 3.52. The van der Waals surface area contributed by atoms with Crippen molar-refractivity contribution in [3.63, 3.8) is 0 Å². The summed E-state index contributed by atoms with van der Waals surface area (Å²) in [4.78, 5) is 11.5. The third-order valence-corrected chi connectivity index (χ3v) is 3.05. The Morgan fingerprint density at radius 1 is 1.00 bits per heavy atom. The molecule has 0 amide bonds. The van der Waals surface area contributed by atoms with E-state index in [1.165, 1.54) is 0 Å². The van der Waals surface area contributed by atoms with Crippen LogP contribution in [0.25, 0.3) is 12.2 Å². The van der Waals surface area contributed by atoms with Gasteiger partial charge in [0.25, 0.3) is 0 Å². The van der Waals surface area contributed by atoms with Crippen LogP contribution >= 0.6 is 0 Å². The van der Waals surface area contributed by atoms with Gasteiger partial charge in [-0.2, -0.15) is 0 Å². The third-order valence-electron chi connectivity index (χ3n) is 3.05. The first-order chi connectivity index (χ1) is 10.2. The summed E-state index contributed by atoms with van der Waals surface area (Å²) >= 11 is 0. The topological polar surface area (TPSA) is 46.5 Å². The van der Waals surface area contributed by atoms with Gasteiger partial charge in [-0.05, 0) is 35.7 Å². The Morgan fingerprint density at radius 3 is 2.00 bits per heavy atom. The molecule has 0 atom stereocenters. The summed E-state index contributed by atoms with van der Waals surface area (Å²) in [6.07, 6.45) is 3.96. The molecule has 0 aliphatic rings. The van der Waals surface area contributed by atoms with Crippen molar-refractivity contribution in [2.75, 3.05) is 6.61 Å². The number of aliphatic hydroxyl groups excluding tert-OH is 1. The quantitative estimate of drug-likeness (QED) is 0.674. The maximum Gasteiger partial charge on any atom is 0.338 e. The number of rotatable bonds is 5. The zero-order chi connectivity index (χ0) is 15.1. The SMILES string of the molecule is CCOC(=O)c1ccc(/C=C/c2ccc(CO)cc2)cc1. The van der Waals surface area contributed by atoms with E-state index in [9.17, 15) is 4.79 Å². The molecule has 0 saturated carbocycles. The van der Waals surface area contributed by atoms with Crippen LogP contribution in [0.1, 0.15) is 34.0 Å². The molecule has 3 heteroatoms. The predicted octanol–water partition coefficient (Wildman–Crippen LogP) is 3.53. The van der Waals surface area contributed by atoms with Gasteiger partial charge >= 0.3 is 5.97 Å². The van der Waals surface area contributed by atoms with Gasteiger partial charge in [-0.15, -0.1) is 0 Å². The van der Waals surface area contributed by atoms with Crippen molar-refractivity contribution < 1.29 is 14.6 Å². The van der Waals surface area contributed by atoms with E-state index in [1.54, 1.807) is 19.1 Å². The molecular weight excluding hydrogens is 264 g/mol. The molecule has 0 aliphatic carbocycles. The van der Waals surface area contributed by atoms with E-state index in [-0.39, 0.29) is 12.6 Å². The van der Waals surface area contributed by atoms with Crippen LogP contribution < -0.4 is 0 Å². The lowest BCUT2D eigenvalue weighted by Gasteiger charge is -2.02. The van der Waals surface area contributed by atoms with E-state index < -0.39 is 0 Å². The van der Waals surface area contributed by atoms with Gasteiger partial charge in [0.2, 0.25) is 0 Å². The fraction of sp³-hybridized carbons (Fsp3) is 0.167. The largest absolute Gasteiger partial charge is 0.462 e. The Morgan fingerprint density at radius 2 is 1.52 bits per heavy atom. The first kappa shape index (κ1) is 15.0. The minimum Gasteiger partial charge on any atom is -0.462 e. The highest BCUT2D eigenvalue weighted by atomic mass is 16.5. The fourth-order valence-electron chi connectivity index (χ4n) is 1.87. The maximum absolute atomic E-state index is 11.5. The van der Waals surface area contributed by atoms with E-state index in [1.807, 2.05) is 48.6 Å². The molecule has 0 bridgehead atoms. The van der Waals surface area contributed by atoms with E-state index in [0.717, 1.165) is 16.7 Å². The van der Waals surface area contributed by atoms with Gasteiger partial charge in [0.15, 0.2) is 0 Å². The molecule has 0 aromatic heterocycles. The van der Waals surface area contributed by atoms with Crippen molar-refractivity contribution in [2.45, 2.75) is 13.5 Å². The Kier molecular flexibility index (Phi) is 5.29. The average molecular weight is 282 g/mol. The molecule has 21 heavy (non-hydrogen) atoms. The lowest BCUT2D eigenvalue weighted by Crippen LogP contribution is -2.03. The number of aliphatic hydroxyl groups is 1. The highest BCUT2D eigenvalue weighted by molar-refractivity contribution is 5.89. The lowest BCUT2D eigenvalue weighted by molar-refractivity contribution is 0.0526. The van der Waals surface area contributed by atoms with Gasteiger partial charge < -0.3 is 9.84 Å². The molecule has 0 unspecified atom stereocenters. The van der Waals surface area contributed by atoms with Crippen LogP contribution in [0.3, 0.4) is 0 Å². The number of hydrogen-bond donors (Lipinski definition) is 1. The zero-order valence-corrected chi connectivity index (χ0v) is 12.0. The monoisotopic (exact) mass is 282 g/mol. The summed E-state index contributed by atoms with van der Waals surface area (Å²) in [7, 11) is 0. The van der Waals surface area contributed by atoms with Crippen molar-refractivity contribution in [3.05, 3.63) is 70.8 Å². The van der Waals surface area contributed by atoms with Gasteiger partial charge in [0.1, 0.15) is 0 Å². The van der Waals surface area contributed by atoms with Crippen LogP contribution in [-0.4, -0.2) is 17.7 Å². The summed E-state index contributed by atoms with van der Waals surface area (Å²) in [6, 6.07) is 15.0. The minimum atomic E-state index is -0.298. The van der Waals surface area contributed by atoms with Crippen molar-refractivity contribution in [3.8, 4) is 0 Å². The standard InChI is InChI=1S/C18H18O3/c1-2-21-18(20)17-11-9-15(10-12-17)4-3-14-5-7-16(13-19)8-6-14/h3-12,19H,2,13H2,1H3/b4-3+. The number of esters is 1. The smallest absolute Gasteiger partial charge is 0.338 e. The van der Waals surface area contributed by atoms with Gasteiger partial charge in [-0.1, -0.05) is 48.6 Å². The number of carbonyl (C=O) groups is 1. The Balaban J connectivity index is 2.05. The number of hydrogen-bond acceptors (Lipinski definition) is 3. The number of ether oxygens (including phenoxy) is 1. The molecule has 2 rings (SSSR count). The highest BCUT2D eigenvalue weighted by Crippen LogP contribution is 2.11. The van der Waals surface area contributed by atoms with Gasteiger partial charge in [-0.3, -0.25) is 0 Å². The maximum atomic E-state index is 11.5. The van der Waals surface area contributed by atoms with Crippen molar-refractivity contribution in [1.29, 1.82) is 0 Å². The molecule has 1 N–H and O–H groups in total. The summed E-state index contributed by atoms with van der Waals surface area (Å²) in [5.74, 6) is -0.298. The summed E-state index contributed by atoms with van der Waals surface area (Å²) in [5, 5.41) is 8.99. The van der Waals surface area contributed by atoms with Crippen molar-refractivity contribution in [1.82, 2.24) is 0 Å². The zero-order valence-electron chi connectivity index (χ0n) is 12.0. The first-order valence-corrected chi connectivity index (χ1v) is 6.88. The van der Waals surface area contributed by atoms with Crippen molar-refractivity contribution >= 4 is 18.1 Å². The fourth-order valence-corrected chi connectivity index (χ4v) is 1.87. The molecule has 0 radical (unpaired) electrons. The predicted molar refractivity (Wildman–Crippen MR) is 83.7 cm³/mol. The highest BCUT2D eigenvalue weighted by Gasteiger charge is 2.04. The molecule has 0 fully saturated rings. The second-order valence-corrected chi connectivity index (χ2v) is 4.58. The molecule has 0 heterocycles. The van der Waals surface area contributed by atoms with Crippen LogP contribution in [0.4, 0.5) is 0 Å². The number of carbonyl (C=O) groups excluding carboxylic acids is 1. The first-order valence-electron chi connectivity index (χ1n) is 6.88. The molecule has 2 aromatic rings. The van der Waals surface area contributed by atoms with E-state index in [0.29, 0.717) is 12.2 Å². The van der Waals surface area contributed by atoms with Gasteiger partial charge in [-0.25, -0.2) is 4.79 Å². The van der Waals surface area contributed by atoms with Crippen LogP contribution in [0.2, 0.25) is 0 Å². The Labute approximate surface area is 124 Å². The second kappa shape index (κ2) is 7.41. The molecule has 3 nitrogen and oxygen atoms in total. The normalized spacial score (nSPS) is 10.8. The molecule has 108 valence electrons. The summed E-state index contributed by atoms with van der Waals surface area (Å²) < 4.78 is 4.94. The number of benzene rings is 2. The van der Waals surface area contributed by atoms with E-state index in [2.05, 4.69) is 0 Å². The molecule has 0 saturated heterocycles. The molecule has 0 spiro atoms. The van der Waals surface area contributed by atoms with Gasteiger partial charge in [0.05, 0.1) is 18.8 Å². The van der Waals surface area contributed by atoms with Crippen LogP contribution in [0.15, 0.2) is 48.5 Å². The lowest BCUT2D eigenvalue weighted by atomic mass is 10.1. The second-order valence-electron chi connectivity index (χ2n) is 4.58. The Bertz CT molecular complexity index is 610. The summed E-state index contributed by atoms with van der Waals surface area (Å²) in [6.45, 7) is 2.22. The van der Waals surface area contributed by atoms with Crippen LogP contribution in [-0.2, 0) is 11.3 Å². The Hall–Kier alpha value is -2.39. The van der Waals surface area contributed by atoms with Crippen LogP contribution in [0, 0.1) is 0 Å². The van der Waals surface area contributed by atoms with Crippen LogP contribution in [0.5, 0.6) is 0 Å². The average Bonchev–Trinajstić information content (AvgIpc) is 2.54. The van der Waals surface area contributed by atoms with Crippen molar-refractivity contribution in [2.24, 2.45) is 0 Å². The third kappa shape index (κ3) is 4.29. The molecule has 0 aliphatic heterocycles. The van der Waals surface area contributed by atoms with E-state index >= 15 is 0 Å². The minimum absolute atomic E-state index is 0.0549.